The third-order valence-corrected chi connectivity index (χ3v) is 4.66. The lowest BCUT2D eigenvalue weighted by atomic mass is 9.87. The van der Waals surface area contributed by atoms with E-state index in [-0.39, 0.29) is 23.6 Å². The van der Waals surface area contributed by atoms with Crippen molar-refractivity contribution in [2.45, 2.75) is 59.1 Å². The molecule has 0 bridgehead atoms. The molecular formula is C20H32N2O3. The molecule has 1 aromatic carbocycles. The van der Waals surface area contributed by atoms with Crippen molar-refractivity contribution in [1.82, 2.24) is 10.2 Å². The fourth-order valence-electron chi connectivity index (χ4n) is 3.60. The average molecular weight is 348 g/mol. The molecule has 2 unspecified atom stereocenters. The first-order valence-electron chi connectivity index (χ1n) is 9.27. The van der Waals surface area contributed by atoms with Crippen molar-refractivity contribution in [2.75, 3.05) is 19.7 Å². The largest absolute Gasteiger partial charge is 0.494 e. The predicted molar refractivity (Wildman–Crippen MR) is 99.8 cm³/mol. The summed E-state index contributed by atoms with van der Waals surface area (Å²) in [5.41, 5.74) is 1.03. The van der Waals surface area contributed by atoms with Crippen LogP contribution in [0.5, 0.6) is 5.75 Å². The summed E-state index contributed by atoms with van der Waals surface area (Å²) in [6.07, 6.45) is 2.30. The van der Waals surface area contributed by atoms with Crippen LogP contribution in [-0.4, -0.2) is 41.8 Å². The molecule has 1 aliphatic heterocycles. The fourth-order valence-corrected chi connectivity index (χ4v) is 3.60. The second-order valence-electron chi connectivity index (χ2n) is 7.73. The number of benzene rings is 1. The van der Waals surface area contributed by atoms with Crippen molar-refractivity contribution in [3.05, 3.63) is 29.8 Å². The summed E-state index contributed by atoms with van der Waals surface area (Å²) in [6, 6.07) is 8.15. The maximum Gasteiger partial charge on any atom is 0.317 e. The van der Waals surface area contributed by atoms with Crippen LogP contribution in [0, 0.1) is 5.41 Å². The van der Waals surface area contributed by atoms with Crippen molar-refractivity contribution in [1.29, 1.82) is 0 Å². The van der Waals surface area contributed by atoms with E-state index in [1.165, 1.54) is 0 Å². The van der Waals surface area contributed by atoms with E-state index in [0.29, 0.717) is 19.6 Å². The highest BCUT2D eigenvalue weighted by Gasteiger charge is 2.31. The van der Waals surface area contributed by atoms with Gasteiger partial charge in [0.05, 0.1) is 18.8 Å². The van der Waals surface area contributed by atoms with Crippen molar-refractivity contribution in [2.24, 2.45) is 5.41 Å². The number of aliphatic hydroxyl groups excluding tert-OH is 1. The van der Waals surface area contributed by atoms with E-state index in [1.807, 2.05) is 24.0 Å². The molecule has 0 saturated carbocycles. The molecule has 1 fully saturated rings. The summed E-state index contributed by atoms with van der Waals surface area (Å²) < 4.78 is 5.49. The number of rotatable bonds is 7. The monoisotopic (exact) mass is 348 g/mol. The highest BCUT2D eigenvalue weighted by molar-refractivity contribution is 5.75. The molecule has 140 valence electrons. The number of likely N-dealkylation sites (tertiary alicyclic amines) is 1. The Labute approximate surface area is 151 Å². The van der Waals surface area contributed by atoms with Gasteiger partial charge < -0.3 is 20.1 Å². The van der Waals surface area contributed by atoms with Gasteiger partial charge in [-0.3, -0.25) is 0 Å². The predicted octanol–water partition coefficient (Wildman–Crippen LogP) is 3.73. The Morgan fingerprint density at radius 2 is 2.08 bits per heavy atom. The second kappa shape index (κ2) is 8.56. The second-order valence-corrected chi connectivity index (χ2v) is 7.73. The minimum Gasteiger partial charge on any atom is -0.494 e. The van der Waals surface area contributed by atoms with Crippen LogP contribution in [0.25, 0.3) is 0 Å². The van der Waals surface area contributed by atoms with E-state index in [2.05, 4.69) is 31.3 Å². The Kier molecular flexibility index (Phi) is 6.71. The highest BCUT2D eigenvalue weighted by atomic mass is 16.5. The molecule has 5 heteroatoms. The molecule has 0 aliphatic carbocycles. The van der Waals surface area contributed by atoms with Crippen LogP contribution in [0.15, 0.2) is 24.3 Å². The minimum absolute atomic E-state index is 0.0185. The fraction of sp³-hybridized carbons (Fsp3) is 0.650. The highest BCUT2D eigenvalue weighted by Crippen LogP contribution is 2.33. The number of nitrogens with zero attached hydrogens (tertiary/aromatic N) is 1. The van der Waals surface area contributed by atoms with Gasteiger partial charge in [-0.25, -0.2) is 4.79 Å². The summed E-state index contributed by atoms with van der Waals surface area (Å²) in [4.78, 5) is 14.6. The Morgan fingerprint density at radius 1 is 1.40 bits per heavy atom. The van der Waals surface area contributed by atoms with Crippen LogP contribution in [0.1, 0.15) is 58.6 Å². The van der Waals surface area contributed by atoms with Crippen molar-refractivity contribution in [3.63, 3.8) is 0 Å². The van der Waals surface area contributed by atoms with Gasteiger partial charge in [0.2, 0.25) is 0 Å². The van der Waals surface area contributed by atoms with Gasteiger partial charge in [0.25, 0.3) is 0 Å². The molecule has 2 atom stereocenters. The average Bonchev–Trinajstić information content (AvgIpc) is 3.02. The first-order valence-corrected chi connectivity index (χ1v) is 9.27. The number of nitrogens with one attached hydrogen (secondary N) is 1. The van der Waals surface area contributed by atoms with E-state index in [0.717, 1.165) is 30.7 Å². The lowest BCUT2D eigenvalue weighted by Crippen LogP contribution is -2.43. The molecule has 0 spiro atoms. The Bertz CT molecular complexity index is 555. The standard InChI is InChI=1S/C20H32N2O3/c1-5-25-17-10-8-16(9-11-17)18-7-6-12-22(18)19(24)21-14-20(3,4)13-15(2)23/h8-11,15,18,23H,5-7,12-14H2,1-4H3,(H,21,24). The zero-order valence-corrected chi connectivity index (χ0v) is 15.9. The van der Waals surface area contributed by atoms with Crippen molar-refractivity contribution < 1.29 is 14.6 Å². The zero-order chi connectivity index (χ0) is 18.4. The molecule has 2 amide bonds. The molecule has 5 nitrogen and oxygen atoms in total. The van der Waals surface area contributed by atoms with Crippen LogP contribution in [0.2, 0.25) is 0 Å². The Morgan fingerprint density at radius 3 is 2.68 bits per heavy atom. The van der Waals surface area contributed by atoms with E-state index in [1.54, 1.807) is 6.92 Å². The number of carbonyl (C=O) groups is 1. The smallest absolute Gasteiger partial charge is 0.317 e. The van der Waals surface area contributed by atoms with E-state index >= 15 is 0 Å². The quantitative estimate of drug-likeness (QED) is 0.789. The molecule has 0 aromatic heterocycles. The summed E-state index contributed by atoms with van der Waals surface area (Å²) in [5, 5.41) is 12.6. The van der Waals surface area contributed by atoms with E-state index in [4.69, 9.17) is 4.74 Å². The molecule has 0 radical (unpaired) electrons. The van der Waals surface area contributed by atoms with Crippen LogP contribution >= 0.6 is 0 Å². The molecular weight excluding hydrogens is 316 g/mol. The number of aliphatic hydroxyl groups is 1. The third-order valence-electron chi connectivity index (χ3n) is 4.66. The molecule has 1 aliphatic rings. The van der Waals surface area contributed by atoms with Crippen LogP contribution < -0.4 is 10.1 Å². The minimum atomic E-state index is -0.365. The van der Waals surface area contributed by atoms with Crippen molar-refractivity contribution in [3.8, 4) is 5.75 Å². The summed E-state index contributed by atoms with van der Waals surface area (Å²) in [6.45, 7) is 9.87. The molecule has 1 heterocycles. The van der Waals surface area contributed by atoms with E-state index < -0.39 is 0 Å². The topological polar surface area (TPSA) is 61.8 Å². The number of amides is 2. The van der Waals surface area contributed by atoms with Gasteiger partial charge in [-0.2, -0.15) is 0 Å². The summed E-state index contributed by atoms with van der Waals surface area (Å²) in [7, 11) is 0. The molecule has 2 rings (SSSR count). The van der Waals surface area contributed by atoms with Gasteiger partial charge >= 0.3 is 6.03 Å². The summed E-state index contributed by atoms with van der Waals surface area (Å²) >= 11 is 0. The lowest BCUT2D eigenvalue weighted by Gasteiger charge is -2.30. The number of ether oxygens (including phenoxy) is 1. The normalized spacial score (nSPS) is 18.9. The van der Waals surface area contributed by atoms with Gasteiger partial charge in [0.1, 0.15) is 5.75 Å². The number of hydrogen-bond donors (Lipinski definition) is 2. The van der Waals surface area contributed by atoms with Gasteiger partial charge in [-0.15, -0.1) is 0 Å². The lowest BCUT2D eigenvalue weighted by molar-refractivity contribution is 0.126. The zero-order valence-electron chi connectivity index (χ0n) is 15.9. The van der Waals surface area contributed by atoms with Gasteiger partial charge in [0.15, 0.2) is 0 Å². The van der Waals surface area contributed by atoms with Crippen LogP contribution in [-0.2, 0) is 0 Å². The SMILES string of the molecule is CCOc1ccc(C2CCCN2C(=O)NCC(C)(C)CC(C)O)cc1. The summed E-state index contributed by atoms with van der Waals surface area (Å²) in [5.74, 6) is 0.861. The maximum atomic E-state index is 12.7. The first-order chi connectivity index (χ1) is 11.8. The third kappa shape index (κ3) is 5.63. The van der Waals surface area contributed by atoms with Crippen molar-refractivity contribution >= 4 is 6.03 Å². The number of hydrogen-bond acceptors (Lipinski definition) is 3. The number of urea groups is 1. The Hall–Kier alpha value is -1.75. The number of carbonyl (C=O) groups excluding carboxylic acids is 1. The molecule has 25 heavy (non-hydrogen) atoms. The van der Waals surface area contributed by atoms with Gasteiger partial charge in [-0.1, -0.05) is 26.0 Å². The van der Waals surface area contributed by atoms with Crippen LogP contribution in [0.3, 0.4) is 0 Å². The van der Waals surface area contributed by atoms with Gasteiger partial charge in [-0.05, 0) is 56.2 Å². The van der Waals surface area contributed by atoms with E-state index in [9.17, 15) is 9.90 Å². The first kappa shape index (κ1) is 19.6. The maximum absolute atomic E-state index is 12.7. The molecule has 1 saturated heterocycles. The van der Waals surface area contributed by atoms with Gasteiger partial charge in [0, 0.05) is 13.1 Å². The Balaban J connectivity index is 1.97. The molecule has 2 N–H and O–H groups in total. The van der Waals surface area contributed by atoms with Crippen LogP contribution in [0.4, 0.5) is 4.79 Å². The molecule has 1 aromatic rings.